The van der Waals surface area contributed by atoms with Gasteiger partial charge in [0.25, 0.3) is 0 Å². The number of halogens is 1. The highest BCUT2D eigenvalue weighted by atomic mass is 79.9. The van der Waals surface area contributed by atoms with Crippen molar-refractivity contribution in [1.82, 2.24) is 0 Å². The Hall–Kier alpha value is -0.540. The normalized spacial score (nSPS) is 18.3. The maximum atomic E-state index is 6.26. The van der Waals surface area contributed by atoms with Crippen LogP contribution in [0.25, 0.3) is 0 Å². The van der Waals surface area contributed by atoms with Crippen molar-refractivity contribution in [3.8, 4) is 5.75 Å². The molecule has 0 amide bonds. The first-order valence-electron chi connectivity index (χ1n) is 7.40. The fourth-order valence-electron chi connectivity index (χ4n) is 2.62. The van der Waals surface area contributed by atoms with Crippen LogP contribution in [0.2, 0.25) is 0 Å². The maximum Gasteiger partial charge on any atom is 0.137 e. The zero-order valence-corrected chi connectivity index (χ0v) is 13.3. The monoisotopic (exact) mass is 325 g/mol. The summed E-state index contributed by atoms with van der Waals surface area (Å²) in [7, 11) is 0. The predicted octanol–water partition coefficient (Wildman–Crippen LogP) is 4.44. The number of benzene rings is 1. The minimum Gasteiger partial charge on any atom is -0.489 e. The van der Waals surface area contributed by atoms with Gasteiger partial charge in [-0.05, 0) is 66.1 Å². The molecule has 2 nitrogen and oxygen atoms in total. The summed E-state index contributed by atoms with van der Waals surface area (Å²) in [6, 6.07) is 6.47. The van der Waals surface area contributed by atoms with E-state index in [0.29, 0.717) is 6.10 Å². The number of para-hydroxylation sites is 1. The van der Waals surface area contributed by atoms with E-state index in [0.717, 1.165) is 23.1 Å². The minimum atomic E-state index is 0.211. The molecule has 1 aliphatic rings. The quantitative estimate of drug-likeness (QED) is 0.868. The standard InChI is InChI=1S/C16H24BrNO/c1-2-13(18)11-12-7-6-10-15(17)16(12)19-14-8-4-3-5-9-14/h6-7,10,13-14H,2-5,8-9,11,18H2,1H3. The molecule has 1 atom stereocenters. The van der Waals surface area contributed by atoms with Gasteiger partial charge in [0.2, 0.25) is 0 Å². The van der Waals surface area contributed by atoms with Gasteiger partial charge in [-0.1, -0.05) is 25.5 Å². The van der Waals surface area contributed by atoms with E-state index < -0.39 is 0 Å². The zero-order valence-electron chi connectivity index (χ0n) is 11.7. The van der Waals surface area contributed by atoms with E-state index in [-0.39, 0.29) is 6.04 Å². The van der Waals surface area contributed by atoms with Crippen LogP contribution in [-0.2, 0) is 6.42 Å². The fraction of sp³-hybridized carbons (Fsp3) is 0.625. The third-order valence-electron chi connectivity index (χ3n) is 3.89. The van der Waals surface area contributed by atoms with E-state index in [9.17, 15) is 0 Å². The van der Waals surface area contributed by atoms with Gasteiger partial charge in [-0.15, -0.1) is 0 Å². The molecule has 1 aliphatic carbocycles. The Labute approximate surface area is 124 Å². The summed E-state index contributed by atoms with van der Waals surface area (Å²) in [5, 5.41) is 0. The molecule has 0 radical (unpaired) electrons. The molecule has 2 N–H and O–H groups in total. The van der Waals surface area contributed by atoms with Gasteiger partial charge in [-0.3, -0.25) is 0 Å². The second-order valence-corrected chi connectivity index (χ2v) is 6.33. The van der Waals surface area contributed by atoms with Gasteiger partial charge in [0.1, 0.15) is 5.75 Å². The summed E-state index contributed by atoms with van der Waals surface area (Å²) in [6.45, 7) is 2.13. The van der Waals surface area contributed by atoms with Gasteiger partial charge in [-0.25, -0.2) is 0 Å². The van der Waals surface area contributed by atoms with Crippen LogP contribution in [-0.4, -0.2) is 12.1 Å². The number of hydrogen-bond donors (Lipinski definition) is 1. The molecule has 0 heterocycles. The van der Waals surface area contributed by atoms with Gasteiger partial charge >= 0.3 is 0 Å². The molecule has 1 fully saturated rings. The molecule has 1 aromatic carbocycles. The van der Waals surface area contributed by atoms with Gasteiger partial charge in [0.05, 0.1) is 10.6 Å². The fourth-order valence-corrected chi connectivity index (χ4v) is 3.12. The average Bonchev–Trinajstić information content (AvgIpc) is 2.43. The van der Waals surface area contributed by atoms with Crippen LogP contribution in [0.5, 0.6) is 5.75 Å². The van der Waals surface area contributed by atoms with Crippen molar-refractivity contribution in [2.24, 2.45) is 5.73 Å². The van der Waals surface area contributed by atoms with E-state index in [1.807, 2.05) is 0 Å². The highest BCUT2D eigenvalue weighted by Gasteiger charge is 2.18. The van der Waals surface area contributed by atoms with Gasteiger partial charge < -0.3 is 10.5 Å². The Bertz CT molecular complexity index is 402. The van der Waals surface area contributed by atoms with Gasteiger partial charge in [0, 0.05) is 6.04 Å². The Morgan fingerprint density at radius 1 is 1.32 bits per heavy atom. The zero-order chi connectivity index (χ0) is 13.7. The van der Waals surface area contributed by atoms with Crippen molar-refractivity contribution in [3.05, 3.63) is 28.2 Å². The lowest BCUT2D eigenvalue weighted by Crippen LogP contribution is -2.24. The van der Waals surface area contributed by atoms with Crippen LogP contribution in [0.3, 0.4) is 0 Å². The third-order valence-corrected chi connectivity index (χ3v) is 4.52. The molecule has 0 bridgehead atoms. The lowest BCUT2D eigenvalue weighted by molar-refractivity contribution is 0.152. The molecule has 3 heteroatoms. The molecule has 0 aliphatic heterocycles. The predicted molar refractivity (Wildman–Crippen MR) is 83.6 cm³/mol. The van der Waals surface area contributed by atoms with Crippen LogP contribution in [0, 0.1) is 0 Å². The van der Waals surface area contributed by atoms with Crippen LogP contribution < -0.4 is 10.5 Å². The van der Waals surface area contributed by atoms with E-state index in [1.54, 1.807) is 0 Å². The van der Waals surface area contributed by atoms with Crippen LogP contribution in [0.4, 0.5) is 0 Å². The molecular formula is C16H24BrNO. The third kappa shape index (κ3) is 4.22. The number of ether oxygens (including phenoxy) is 1. The molecule has 1 saturated carbocycles. The summed E-state index contributed by atoms with van der Waals surface area (Å²) >= 11 is 3.62. The number of rotatable bonds is 5. The summed E-state index contributed by atoms with van der Waals surface area (Å²) in [5.74, 6) is 1.01. The first-order chi connectivity index (χ1) is 9.20. The topological polar surface area (TPSA) is 35.2 Å². The average molecular weight is 326 g/mol. The second-order valence-electron chi connectivity index (χ2n) is 5.48. The second kappa shape index (κ2) is 7.30. The smallest absolute Gasteiger partial charge is 0.137 e. The Kier molecular flexibility index (Phi) is 5.71. The highest BCUT2D eigenvalue weighted by Crippen LogP contribution is 2.33. The van der Waals surface area contributed by atoms with Crippen molar-refractivity contribution in [2.45, 2.75) is 64.0 Å². The Balaban J connectivity index is 2.12. The van der Waals surface area contributed by atoms with E-state index in [4.69, 9.17) is 10.5 Å². The summed E-state index contributed by atoms with van der Waals surface area (Å²) in [6.07, 6.45) is 8.56. The van der Waals surface area contributed by atoms with Crippen molar-refractivity contribution < 1.29 is 4.74 Å². The first kappa shape index (κ1) is 14.9. The van der Waals surface area contributed by atoms with Crippen LogP contribution >= 0.6 is 15.9 Å². The van der Waals surface area contributed by atoms with Gasteiger partial charge in [0.15, 0.2) is 0 Å². The summed E-state index contributed by atoms with van der Waals surface area (Å²) < 4.78 is 7.31. The minimum absolute atomic E-state index is 0.211. The summed E-state index contributed by atoms with van der Waals surface area (Å²) in [4.78, 5) is 0. The summed E-state index contributed by atoms with van der Waals surface area (Å²) in [5.41, 5.74) is 7.32. The molecule has 0 aromatic heterocycles. The number of hydrogen-bond acceptors (Lipinski definition) is 2. The molecule has 0 spiro atoms. The molecule has 1 aromatic rings. The van der Waals surface area contributed by atoms with Crippen LogP contribution in [0.1, 0.15) is 51.0 Å². The Morgan fingerprint density at radius 3 is 2.74 bits per heavy atom. The molecule has 0 saturated heterocycles. The molecule has 2 rings (SSSR count). The molecule has 19 heavy (non-hydrogen) atoms. The van der Waals surface area contributed by atoms with E-state index in [2.05, 4.69) is 41.1 Å². The van der Waals surface area contributed by atoms with Gasteiger partial charge in [-0.2, -0.15) is 0 Å². The van der Waals surface area contributed by atoms with Crippen LogP contribution in [0.15, 0.2) is 22.7 Å². The van der Waals surface area contributed by atoms with E-state index in [1.165, 1.54) is 37.7 Å². The molecule has 1 unspecified atom stereocenters. The van der Waals surface area contributed by atoms with Crippen molar-refractivity contribution in [3.63, 3.8) is 0 Å². The maximum absolute atomic E-state index is 6.26. The first-order valence-corrected chi connectivity index (χ1v) is 8.19. The SMILES string of the molecule is CCC(N)Cc1cccc(Br)c1OC1CCCCC1. The number of nitrogens with two attached hydrogens (primary N) is 1. The Morgan fingerprint density at radius 2 is 2.05 bits per heavy atom. The van der Waals surface area contributed by atoms with E-state index >= 15 is 0 Å². The molecular weight excluding hydrogens is 302 g/mol. The van der Waals surface area contributed by atoms with Crippen molar-refractivity contribution in [1.29, 1.82) is 0 Å². The molecule has 106 valence electrons. The largest absolute Gasteiger partial charge is 0.489 e. The van der Waals surface area contributed by atoms with Crippen molar-refractivity contribution >= 4 is 15.9 Å². The highest BCUT2D eigenvalue weighted by molar-refractivity contribution is 9.10. The lowest BCUT2D eigenvalue weighted by Gasteiger charge is -2.25. The van der Waals surface area contributed by atoms with Crippen molar-refractivity contribution in [2.75, 3.05) is 0 Å². The lowest BCUT2D eigenvalue weighted by atomic mass is 9.97.